The first-order valence-corrected chi connectivity index (χ1v) is 13.4. The van der Waals surface area contributed by atoms with E-state index in [0.29, 0.717) is 5.92 Å². The highest BCUT2D eigenvalue weighted by molar-refractivity contribution is 5.75. The molecule has 3 atom stereocenters. The van der Waals surface area contributed by atoms with Gasteiger partial charge in [0.2, 0.25) is 0 Å². The molecule has 1 aromatic heterocycles. The van der Waals surface area contributed by atoms with E-state index in [0.717, 1.165) is 68.8 Å². The molecule has 0 radical (unpaired) electrons. The summed E-state index contributed by atoms with van der Waals surface area (Å²) in [4.78, 5) is 15.1. The lowest BCUT2D eigenvalue weighted by Gasteiger charge is -2.38. The molecule has 37 heavy (non-hydrogen) atoms. The Bertz CT molecular complexity index is 1300. The predicted molar refractivity (Wildman–Crippen MR) is 143 cm³/mol. The molecular weight excluding hydrogens is 465 g/mol. The zero-order chi connectivity index (χ0) is 25.4. The van der Waals surface area contributed by atoms with Crippen LogP contribution in [-0.4, -0.2) is 46.9 Å². The van der Waals surface area contributed by atoms with E-state index in [9.17, 15) is 9.18 Å². The molecule has 2 amide bonds. The number of carbonyl (C=O) groups is 1. The minimum atomic E-state index is -0.244. The number of urea groups is 1. The summed E-state index contributed by atoms with van der Waals surface area (Å²) in [5.41, 5.74) is 5.84. The zero-order valence-electron chi connectivity index (χ0n) is 21.3. The molecule has 3 aromatic rings. The number of nitrogens with one attached hydrogen (secondary N) is 2. The maximum atomic E-state index is 13.5. The Morgan fingerprint density at radius 3 is 2.68 bits per heavy atom. The van der Waals surface area contributed by atoms with Crippen molar-refractivity contribution < 1.29 is 9.18 Å². The fourth-order valence-electron chi connectivity index (χ4n) is 6.46. The van der Waals surface area contributed by atoms with Crippen LogP contribution < -0.4 is 10.6 Å². The Morgan fingerprint density at radius 1 is 1.16 bits per heavy atom. The summed E-state index contributed by atoms with van der Waals surface area (Å²) in [6, 6.07) is 16.9. The SMILES string of the molecule is CC12Cc3cnn(-c4ccc(F)cc4)c3C=C1CCC2CC(NC(=O)N1CCNCC1)c1ccccc1. The third-order valence-corrected chi connectivity index (χ3v) is 8.65. The molecule has 2 N–H and O–H groups in total. The number of allylic oxidation sites excluding steroid dienone is 1. The van der Waals surface area contributed by atoms with Crippen molar-refractivity contribution in [3.05, 3.63) is 89.0 Å². The second kappa shape index (κ2) is 9.78. The number of benzene rings is 2. The molecule has 3 unspecified atom stereocenters. The fraction of sp³-hybridized carbons (Fsp3) is 0.400. The van der Waals surface area contributed by atoms with Crippen LogP contribution >= 0.6 is 0 Å². The molecule has 6 nitrogen and oxygen atoms in total. The lowest BCUT2D eigenvalue weighted by Crippen LogP contribution is -2.51. The average Bonchev–Trinajstić information content (AvgIpc) is 3.47. The van der Waals surface area contributed by atoms with E-state index in [1.165, 1.54) is 23.3 Å². The number of hydrogen-bond donors (Lipinski definition) is 2. The van der Waals surface area contributed by atoms with Crippen LogP contribution in [0.3, 0.4) is 0 Å². The van der Waals surface area contributed by atoms with Crippen molar-refractivity contribution in [2.45, 2.75) is 38.6 Å². The molecule has 1 saturated heterocycles. The van der Waals surface area contributed by atoms with Crippen LogP contribution in [0.15, 0.2) is 66.4 Å². The normalized spacial score (nSPS) is 23.7. The molecule has 7 heteroatoms. The molecule has 2 aliphatic carbocycles. The monoisotopic (exact) mass is 499 g/mol. The molecule has 192 valence electrons. The minimum absolute atomic E-state index is 0.0243. The lowest BCUT2D eigenvalue weighted by atomic mass is 9.68. The van der Waals surface area contributed by atoms with Crippen LogP contribution in [-0.2, 0) is 6.42 Å². The molecule has 2 heterocycles. The predicted octanol–water partition coefficient (Wildman–Crippen LogP) is 5.11. The van der Waals surface area contributed by atoms with Crippen molar-refractivity contribution in [3.63, 3.8) is 0 Å². The summed E-state index contributed by atoms with van der Waals surface area (Å²) in [6.45, 7) is 5.54. The highest BCUT2D eigenvalue weighted by Crippen LogP contribution is 2.55. The van der Waals surface area contributed by atoms with Gasteiger partial charge in [-0.15, -0.1) is 0 Å². The van der Waals surface area contributed by atoms with Gasteiger partial charge in [-0.05, 0) is 78.5 Å². The topological polar surface area (TPSA) is 62.2 Å². The van der Waals surface area contributed by atoms with E-state index < -0.39 is 0 Å². The average molecular weight is 500 g/mol. The quantitative estimate of drug-likeness (QED) is 0.513. The molecule has 2 fully saturated rings. The Labute approximate surface area is 217 Å². The van der Waals surface area contributed by atoms with Gasteiger partial charge in [0, 0.05) is 26.2 Å². The van der Waals surface area contributed by atoms with E-state index in [1.807, 2.05) is 21.8 Å². The van der Waals surface area contributed by atoms with Crippen molar-refractivity contribution in [2.75, 3.05) is 26.2 Å². The molecule has 0 spiro atoms. The number of carbonyl (C=O) groups excluding carboxylic acids is 1. The van der Waals surface area contributed by atoms with Gasteiger partial charge >= 0.3 is 6.03 Å². The van der Waals surface area contributed by atoms with Crippen LogP contribution in [0.2, 0.25) is 0 Å². The van der Waals surface area contributed by atoms with Crippen molar-refractivity contribution >= 4 is 12.1 Å². The summed E-state index contributed by atoms with van der Waals surface area (Å²) in [5.74, 6) is 0.195. The summed E-state index contributed by atoms with van der Waals surface area (Å²) in [6.07, 6.45) is 8.25. The zero-order valence-corrected chi connectivity index (χ0v) is 21.3. The number of fused-ring (bicyclic) bond motifs is 2. The number of rotatable bonds is 5. The van der Waals surface area contributed by atoms with Gasteiger partial charge in [-0.2, -0.15) is 5.10 Å². The van der Waals surface area contributed by atoms with Crippen LogP contribution in [0.1, 0.15) is 49.0 Å². The molecule has 2 aromatic carbocycles. The van der Waals surface area contributed by atoms with Gasteiger partial charge < -0.3 is 15.5 Å². The van der Waals surface area contributed by atoms with Gasteiger partial charge in [0.25, 0.3) is 0 Å². The van der Waals surface area contributed by atoms with E-state index in [2.05, 4.69) is 53.0 Å². The standard InChI is InChI=1S/C30H34FN5O/c1-30-19-22-20-33-36(26-11-9-25(31)10-12-26)28(22)18-24(30)8-7-23(30)17-27(21-5-3-2-4-6-21)34-29(37)35-15-13-32-14-16-35/h2-6,9-12,18,20,23,27,32H,7-8,13-17,19H2,1H3,(H,34,37). The molecular formula is C30H34FN5O. The number of amides is 2. The molecule has 0 bridgehead atoms. The first-order chi connectivity index (χ1) is 18.0. The van der Waals surface area contributed by atoms with Crippen molar-refractivity contribution in [1.82, 2.24) is 25.3 Å². The second-order valence-electron chi connectivity index (χ2n) is 10.8. The first-order valence-electron chi connectivity index (χ1n) is 13.4. The Kier molecular flexibility index (Phi) is 6.32. The van der Waals surface area contributed by atoms with E-state index in [-0.39, 0.29) is 23.3 Å². The number of nitrogens with zero attached hydrogens (tertiary/aromatic N) is 3. The molecule has 1 aliphatic heterocycles. The number of halogens is 1. The van der Waals surface area contributed by atoms with Crippen LogP contribution in [0, 0.1) is 17.2 Å². The Balaban J connectivity index is 1.25. The molecule has 3 aliphatic rings. The molecule has 6 rings (SSSR count). The third-order valence-electron chi connectivity index (χ3n) is 8.65. The lowest BCUT2D eigenvalue weighted by molar-refractivity contribution is 0.178. The van der Waals surface area contributed by atoms with Gasteiger partial charge in [0.1, 0.15) is 5.82 Å². The Morgan fingerprint density at radius 2 is 1.92 bits per heavy atom. The third kappa shape index (κ3) is 4.57. The van der Waals surface area contributed by atoms with Gasteiger partial charge in [-0.1, -0.05) is 42.8 Å². The van der Waals surface area contributed by atoms with Gasteiger partial charge in [-0.3, -0.25) is 0 Å². The Hall–Kier alpha value is -3.45. The summed E-state index contributed by atoms with van der Waals surface area (Å²) >= 11 is 0. The van der Waals surface area contributed by atoms with Crippen LogP contribution in [0.4, 0.5) is 9.18 Å². The fourth-order valence-corrected chi connectivity index (χ4v) is 6.46. The maximum Gasteiger partial charge on any atom is 0.317 e. The molecule has 1 saturated carbocycles. The first kappa shape index (κ1) is 23.9. The van der Waals surface area contributed by atoms with Crippen molar-refractivity contribution in [3.8, 4) is 5.69 Å². The van der Waals surface area contributed by atoms with Crippen LogP contribution in [0.25, 0.3) is 11.8 Å². The van der Waals surface area contributed by atoms with Crippen LogP contribution in [0.5, 0.6) is 0 Å². The second-order valence-corrected chi connectivity index (χ2v) is 10.8. The largest absolute Gasteiger partial charge is 0.331 e. The van der Waals surface area contributed by atoms with Gasteiger partial charge in [0.05, 0.1) is 23.6 Å². The summed E-state index contributed by atoms with van der Waals surface area (Å²) in [5, 5.41) is 11.4. The maximum absolute atomic E-state index is 13.5. The van der Waals surface area contributed by atoms with Crippen molar-refractivity contribution in [1.29, 1.82) is 0 Å². The van der Waals surface area contributed by atoms with Gasteiger partial charge in [0.15, 0.2) is 0 Å². The minimum Gasteiger partial charge on any atom is -0.331 e. The van der Waals surface area contributed by atoms with E-state index in [4.69, 9.17) is 0 Å². The van der Waals surface area contributed by atoms with Gasteiger partial charge in [-0.25, -0.2) is 13.9 Å². The number of aromatic nitrogens is 2. The highest BCUT2D eigenvalue weighted by Gasteiger charge is 2.46. The van der Waals surface area contributed by atoms with E-state index >= 15 is 0 Å². The van der Waals surface area contributed by atoms with E-state index in [1.54, 1.807) is 12.1 Å². The summed E-state index contributed by atoms with van der Waals surface area (Å²) in [7, 11) is 0. The highest BCUT2D eigenvalue weighted by atomic mass is 19.1. The smallest absolute Gasteiger partial charge is 0.317 e. The number of piperazine rings is 1. The number of hydrogen-bond acceptors (Lipinski definition) is 3. The summed E-state index contributed by atoms with van der Waals surface area (Å²) < 4.78 is 15.4. The van der Waals surface area contributed by atoms with Crippen molar-refractivity contribution in [2.24, 2.45) is 11.3 Å².